The maximum absolute atomic E-state index is 12.4. The van der Waals surface area contributed by atoms with Crippen LogP contribution < -0.4 is 14.8 Å². The molecular formula is C27H32N2O5S. The Balaban J connectivity index is 1.55. The molecule has 0 saturated heterocycles. The van der Waals surface area contributed by atoms with Gasteiger partial charge in [-0.15, -0.1) is 11.3 Å². The van der Waals surface area contributed by atoms with Crippen LogP contribution in [0.1, 0.15) is 61.6 Å². The van der Waals surface area contributed by atoms with Crippen molar-refractivity contribution >= 4 is 34.3 Å². The van der Waals surface area contributed by atoms with Gasteiger partial charge in [0.1, 0.15) is 11.1 Å². The normalized spacial score (nSPS) is 14.7. The Morgan fingerprint density at radius 2 is 2.09 bits per heavy atom. The van der Waals surface area contributed by atoms with Gasteiger partial charge in [-0.1, -0.05) is 26.3 Å². The van der Waals surface area contributed by atoms with Crippen LogP contribution in [0.2, 0.25) is 0 Å². The molecule has 186 valence electrons. The fourth-order valence-electron chi connectivity index (χ4n) is 3.81. The van der Waals surface area contributed by atoms with Crippen LogP contribution in [0.4, 0.5) is 5.00 Å². The van der Waals surface area contributed by atoms with E-state index < -0.39 is 18.5 Å². The van der Waals surface area contributed by atoms with Gasteiger partial charge in [0.15, 0.2) is 18.1 Å². The zero-order chi connectivity index (χ0) is 25.2. The fraction of sp³-hybridized carbons (Fsp3) is 0.444. The average Bonchev–Trinajstić information content (AvgIpc) is 3.18. The predicted octanol–water partition coefficient (Wildman–Crippen LogP) is 5.52. The number of nitrogens with one attached hydrogen (secondary N) is 1. The van der Waals surface area contributed by atoms with Crippen LogP contribution in [-0.4, -0.2) is 31.7 Å². The number of ether oxygens (including phenoxy) is 3. The molecule has 1 heterocycles. The smallest absolute Gasteiger partial charge is 0.331 e. The predicted molar refractivity (Wildman–Crippen MR) is 137 cm³/mol. The van der Waals surface area contributed by atoms with E-state index in [0.717, 1.165) is 48.1 Å². The van der Waals surface area contributed by atoms with E-state index in [1.807, 2.05) is 19.1 Å². The Morgan fingerprint density at radius 3 is 2.83 bits per heavy atom. The molecule has 3 rings (SSSR count). The second kappa shape index (κ2) is 13.0. The highest BCUT2D eigenvalue weighted by atomic mass is 32.1. The van der Waals surface area contributed by atoms with Crippen LogP contribution in [0.25, 0.3) is 6.08 Å². The first-order chi connectivity index (χ1) is 16.9. The zero-order valence-electron chi connectivity index (χ0n) is 20.5. The molecule has 1 amide bonds. The molecule has 8 heteroatoms. The van der Waals surface area contributed by atoms with Crippen molar-refractivity contribution in [1.29, 1.82) is 5.26 Å². The van der Waals surface area contributed by atoms with Crippen LogP contribution in [0.3, 0.4) is 0 Å². The van der Waals surface area contributed by atoms with Crippen LogP contribution in [-0.2, 0) is 27.2 Å². The minimum absolute atomic E-state index is 0.429. The maximum Gasteiger partial charge on any atom is 0.331 e. The lowest BCUT2D eigenvalue weighted by atomic mass is 9.89. The molecule has 1 aliphatic carbocycles. The number of hydrogen-bond donors (Lipinski definition) is 1. The standard InChI is InChI=1S/C27H32N2O5S/c1-4-6-13-33-22-11-8-19(15-23(22)32-5-2)9-12-26(31)34-17-25(30)29-27-21(16-28)20-10-7-18(3)14-24(20)35-27/h8-9,11-12,15,18H,4-7,10,13-14,17H2,1-3H3,(H,29,30). The lowest BCUT2D eigenvalue weighted by Crippen LogP contribution is -2.20. The second-order valence-electron chi connectivity index (χ2n) is 8.50. The van der Waals surface area contributed by atoms with E-state index in [1.54, 1.807) is 12.1 Å². The first-order valence-corrected chi connectivity index (χ1v) is 12.9. The van der Waals surface area contributed by atoms with Gasteiger partial charge in [-0.2, -0.15) is 5.26 Å². The molecule has 0 bridgehead atoms. The molecule has 1 aliphatic rings. The van der Waals surface area contributed by atoms with Gasteiger partial charge in [-0.25, -0.2) is 4.79 Å². The molecule has 0 radical (unpaired) electrons. The average molecular weight is 497 g/mol. The number of nitrogens with zero attached hydrogens (tertiary/aromatic N) is 1. The summed E-state index contributed by atoms with van der Waals surface area (Å²) in [5.74, 6) is 0.736. The van der Waals surface area contributed by atoms with Gasteiger partial charge >= 0.3 is 5.97 Å². The number of rotatable bonds is 11. The van der Waals surface area contributed by atoms with Crippen LogP contribution in [0, 0.1) is 17.2 Å². The van der Waals surface area contributed by atoms with Crippen molar-refractivity contribution in [3.8, 4) is 17.6 Å². The van der Waals surface area contributed by atoms with Crippen molar-refractivity contribution < 1.29 is 23.8 Å². The molecule has 35 heavy (non-hydrogen) atoms. The van der Waals surface area contributed by atoms with Gasteiger partial charge in [-0.3, -0.25) is 4.79 Å². The van der Waals surface area contributed by atoms with Crippen molar-refractivity contribution in [1.82, 2.24) is 0 Å². The van der Waals surface area contributed by atoms with Gasteiger partial charge in [0.25, 0.3) is 5.91 Å². The van der Waals surface area contributed by atoms with Gasteiger partial charge in [0.2, 0.25) is 0 Å². The Bertz CT molecular complexity index is 1120. The lowest BCUT2D eigenvalue weighted by Gasteiger charge is -2.17. The monoisotopic (exact) mass is 496 g/mol. The number of unbranched alkanes of at least 4 members (excludes halogenated alkanes) is 1. The molecule has 1 aromatic heterocycles. The van der Waals surface area contributed by atoms with Crippen molar-refractivity contribution in [2.45, 2.75) is 52.9 Å². The quantitative estimate of drug-likeness (QED) is 0.250. The number of anilines is 1. The lowest BCUT2D eigenvalue weighted by molar-refractivity contribution is -0.142. The number of nitriles is 1. The number of benzene rings is 1. The Hall–Kier alpha value is -3.31. The van der Waals surface area contributed by atoms with Gasteiger partial charge in [0, 0.05) is 11.0 Å². The molecular weight excluding hydrogens is 464 g/mol. The van der Waals surface area contributed by atoms with E-state index >= 15 is 0 Å². The number of fused-ring (bicyclic) bond motifs is 1. The highest BCUT2D eigenvalue weighted by Gasteiger charge is 2.24. The Morgan fingerprint density at radius 1 is 1.26 bits per heavy atom. The molecule has 2 aromatic rings. The number of thiophene rings is 1. The summed E-state index contributed by atoms with van der Waals surface area (Å²) >= 11 is 1.44. The van der Waals surface area contributed by atoms with Crippen LogP contribution in [0.5, 0.6) is 11.5 Å². The van der Waals surface area contributed by atoms with Crippen molar-refractivity contribution in [2.75, 3.05) is 25.1 Å². The highest BCUT2D eigenvalue weighted by molar-refractivity contribution is 7.16. The van der Waals surface area contributed by atoms with E-state index in [9.17, 15) is 14.9 Å². The van der Waals surface area contributed by atoms with E-state index in [4.69, 9.17) is 14.2 Å². The summed E-state index contributed by atoms with van der Waals surface area (Å²) in [4.78, 5) is 25.7. The van der Waals surface area contributed by atoms with E-state index in [1.165, 1.54) is 17.4 Å². The molecule has 0 aliphatic heterocycles. The number of amides is 1. The molecule has 1 atom stereocenters. The first-order valence-electron chi connectivity index (χ1n) is 12.0. The molecule has 0 spiro atoms. The van der Waals surface area contributed by atoms with E-state index in [0.29, 0.717) is 41.2 Å². The van der Waals surface area contributed by atoms with Gasteiger partial charge in [0.05, 0.1) is 18.8 Å². The Kier molecular flexibility index (Phi) is 9.74. The minimum atomic E-state index is -0.638. The van der Waals surface area contributed by atoms with E-state index in [-0.39, 0.29) is 0 Å². The molecule has 1 N–H and O–H groups in total. The number of carbonyl (C=O) groups is 2. The largest absolute Gasteiger partial charge is 0.490 e. The summed E-state index contributed by atoms with van der Waals surface area (Å²) in [7, 11) is 0. The first kappa shape index (κ1) is 26.3. The summed E-state index contributed by atoms with van der Waals surface area (Å²) in [6, 6.07) is 7.65. The molecule has 1 aromatic carbocycles. The Labute approximate surface area is 210 Å². The summed E-state index contributed by atoms with van der Waals surface area (Å²) in [6.45, 7) is 6.86. The fourth-order valence-corrected chi connectivity index (χ4v) is 5.19. The summed E-state index contributed by atoms with van der Waals surface area (Å²) in [6.07, 6.45) is 7.67. The van der Waals surface area contributed by atoms with Crippen molar-refractivity contribution in [3.63, 3.8) is 0 Å². The van der Waals surface area contributed by atoms with E-state index in [2.05, 4.69) is 25.2 Å². The van der Waals surface area contributed by atoms with Gasteiger partial charge < -0.3 is 19.5 Å². The second-order valence-corrected chi connectivity index (χ2v) is 9.60. The topological polar surface area (TPSA) is 97.6 Å². The SMILES string of the molecule is CCCCOc1ccc(C=CC(=O)OCC(=O)Nc2sc3c(c2C#N)CCC(C)C3)cc1OCC. The molecule has 0 saturated carbocycles. The third kappa shape index (κ3) is 7.33. The van der Waals surface area contributed by atoms with Crippen LogP contribution in [0.15, 0.2) is 24.3 Å². The number of carbonyl (C=O) groups excluding carboxylic acids is 2. The minimum Gasteiger partial charge on any atom is -0.490 e. The van der Waals surface area contributed by atoms with Crippen LogP contribution >= 0.6 is 11.3 Å². The van der Waals surface area contributed by atoms with Crippen molar-refractivity contribution in [2.24, 2.45) is 5.92 Å². The molecule has 0 fully saturated rings. The molecule has 7 nitrogen and oxygen atoms in total. The summed E-state index contributed by atoms with van der Waals surface area (Å²) in [5, 5.41) is 12.8. The van der Waals surface area contributed by atoms with Crippen molar-refractivity contribution in [3.05, 3.63) is 45.8 Å². The number of hydrogen-bond acceptors (Lipinski definition) is 7. The third-order valence-corrected chi connectivity index (χ3v) is 6.83. The summed E-state index contributed by atoms with van der Waals surface area (Å²) in [5.41, 5.74) is 2.32. The third-order valence-electron chi connectivity index (χ3n) is 5.66. The maximum atomic E-state index is 12.4. The zero-order valence-corrected chi connectivity index (χ0v) is 21.3. The number of esters is 1. The van der Waals surface area contributed by atoms with Gasteiger partial charge in [-0.05, 0) is 67.9 Å². The highest BCUT2D eigenvalue weighted by Crippen LogP contribution is 2.39. The molecule has 1 unspecified atom stereocenters. The summed E-state index contributed by atoms with van der Waals surface area (Å²) < 4.78 is 16.5.